The van der Waals surface area contributed by atoms with Gasteiger partial charge in [0.15, 0.2) is 0 Å². The van der Waals surface area contributed by atoms with Crippen LogP contribution in [0, 0.1) is 5.41 Å². The summed E-state index contributed by atoms with van der Waals surface area (Å²) in [5.41, 5.74) is 1.02. The van der Waals surface area contributed by atoms with Gasteiger partial charge in [-0.05, 0) is 36.8 Å². The lowest BCUT2D eigenvalue weighted by Crippen LogP contribution is -2.33. The zero-order valence-corrected chi connectivity index (χ0v) is 20.9. The van der Waals surface area contributed by atoms with Crippen LogP contribution in [-0.4, -0.2) is 30.4 Å². The van der Waals surface area contributed by atoms with Crippen LogP contribution in [0.25, 0.3) is 10.8 Å². The third-order valence-corrected chi connectivity index (χ3v) is 6.27. The molecular formula is C29H46N2O. The number of unbranched alkanes of at least 4 members (excludes halogenated alkanes) is 9. The fraction of sp³-hybridized carbons (Fsp3) is 0.621. The van der Waals surface area contributed by atoms with Crippen LogP contribution in [0.5, 0.6) is 5.75 Å². The molecule has 0 amide bonds. The van der Waals surface area contributed by atoms with Crippen LogP contribution in [0.15, 0.2) is 36.4 Å². The number of nitrogens with zero attached hydrogens (tertiary/aromatic N) is 1. The minimum Gasteiger partial charge on any atom is -0.493 e. The van der Waals surface area contributed by atoms with Crippen LogP contribution < -0.4 is 4.74 Å². The molecule has 0 aliphatic rings. The van der Waals surface area contributed by atoms with Crippen molar-refractivity contribution in [1.82, 2.24) is 4.90 Å². The van der Waals surface area contributed by atoms with Crippen LogP contribution in [0.4, 0.5) is 0 Å². The van der Waals surface area contributed by atoms with Crippen molar-refractivity contribution in [1.29, 1.82) is 5.41 Å². The molecule has 0 heterocycles. The quantitative estimate of drug-likeness (QED) is 0.152. The van der Waals surface area contributed by atoms with Gasteiger partial charge in [-0.15, -0.1) is 0 Å². The highest BCUT2D eigenvalue weighted by Gasteiger charge is 2.15. The zero-order valence-electron chi connectivity index (χ0n) is 20.9. The monoisotopic (exact) mass is 438 g/mol. The molecule has 32 heavy (non-hydrogen) atoms. The second-order valence-corrected chi connectivity index (χ2v) is 9.02. The summed E-state index contributed by atoms with van der Waals surface area (Å²) in [6.45, 7) is 9.40. The number of fused-ring (bicyclic) bond motifs is 1. The Balaban J connectivity index is 1.99. The molecule has 2 rings (SSSR count). The van der Waals surface area contributed by atoms with Gasteiger partial charge in [0.05, 0.1) is 6.61 Å². The lowest BCUT2D eigenvalue weighted by Gasteiger charge is -2.26. The van der Waals surface area contributed by atoms with E-state index in [0.717, 1.165) is 73.9 Å². The third-order valence-electron chi connectivity index (χ3n) is 6.27. The first-order valence-corrected chi connectivity index (χ1v) is 13.2. The van der Waals surface area contributed by atoms with Gasteiger partial charge < -0.3 is 9.64 Å². The van der Waals surface area contributed by atoms with E-state index in [1.807, 2.05) is 0 Å². The molecule has 0 aliphatic heterocycles. The van der Waals surface area contributed by atoms with E-state index in [2.05, 4.69) is 62.1 Å². The summed E-state index contributed by atoms with van der Waals surface area (Å²) >= 11 is 0. The Morgan fingerprint density at radius 2 is 1.25 bits per heavy atom. The molecule has 178 valence electrons. The number of amidine groups is 1. The average Bonchev–Trinajstić information content (AvgIpc) is 2.82. The molecule has 0 unspecified atom stereocenters. The molecule has 0 saturated carbocycles. The van der Waals surface area contributed by atoms with Gasteiger partial charge in [-0.1, -0.05) is 103 Å². The number of benzene rings is 2. The fourth-order valence-electron chi connectivity index (χ4n) is 4.23. The second-order valence-electron chi connectivity index (χ2n) is 9.02. The maximum absolute atomic E-state index is 8.96. The molecule has 0 aliphatic carbocycles. The molecule has 0 bridgehead atoms. The van der Waals surface area contributed by atoms with Gasteiger partial charge in [-0.25, -0.2) is 0 Å². The lowest BCUT2D eigenvalue weighted by atomic mass is 10.0. The Labute approximate surface area is 197 Å². The number of ether oxygens (including phenoxy) is 1. The van der Waals surface area contributed by atoms with Crippen molar-refractivity contribution in [3.63, 3.8) is 0 Å². The summed E-state index contributed by atoms with van der Waals surface area (Å²) in [6, 6.07) is 12.6. The predicted molar refractivity (Wildman–Crippen MR) is 140 cm³/mol. The van der Waals surface area contributed by atoms with E-state index in [0.29, 0.717) is 5.84 Å². The summed E-state index contributed by atoms with van der Waals surface area (Å²) in [7, 11) is 0. The summed E-state index contributed by atoms with van der Waals surface area (Å²) < 4.78 is 6.21. The van der Waals surface area contributed by atoms with Crippen LogP contribution in [0.1, 0.15) is 103 Å². The molecule has 0 aromatic heterocycles. The average molecular weight is 439 g/mol. The minimum atomic E-state index is 0.651. The highest BCUT2D eigenvalue weighted by Crippen LogP contribution is 2.30. The maximum Gasteiger partial charge on any atom is 0.128 e. The number of nitrogens with one attached hydrogen (secondary N) is 1. The van der Waals surface area contributed by atoms with Crippen molar-refractivity contribution in [3.05, 3.63) is 42.0 Å². The van der Waals surface area contributed by atoms with E-state index >= 15 is 0 Å². The molecule has 0 saturated heterocycles. The maximum atomic E-state index is 8.96. The summed E-state index contributed by atoms with van der Waals surface area (Å²) in [5, 5.41) is 11.2. The first-order chi connectivity index (χ1) is 15.7. The lowest BCUT2D eigenvalue weighted by molar-refractivity contribution is 0.307. The van der Waals surface area contributed by atoms with Gasteiger partial charge in [-0.3, -0.25) is 5.41 Å². The molecule has 0 atom stereocenters. The normalized spacial score (nSPS) is 11.1. The molecule has 3 heteroatoms. The van der Waals surface area contributed by atoms with E-state index in [9.17, 15) is 0 Å². The van der Waals surface area contributed by atoms with E-state index < -0.39 is 0 Å². The van der Waals surface area contributed by atoms with Gasteiger partial charge in [-0.2, -0.15) is 0 Å². The van der Waals surface area contributed by atoms with Gasteiger partial charge in [0.1, 0.15) is 11.6 Å². The highest BCUT2D eigenvalue weighted by molar-refractivity contribution is 6.09. The number of hydrogen-bond donors (Lipinski definition) is 1. The van der Waals surface area contributed by atoms with Crippen LogP contribution in [-0.2, 0) is 0 Å². The van der Waals surface area contributed by atoms with Gasteiger partial charge in [0.2, 0.25) is 0 Å². The van der Waals surface area contributed by atoms with Gasteiger partial charge >= 0.3 is 0 Å². The third kappa shape index (κ3) is 8.48. The predicted octanol–water partition coefficient (Wildman–Crippen LogP) is 8.59. The van der Waals surface area contributed by atoms with E-state index in [-0.39, 0.29) is 0 Å². The Hall–Kier alpha value is -2.03. The van der Waals surface area contributed by atoms with Crippen molar-refractivity contribution >= 4 is 16.6 Å². The molecule has 2 aromatic carbocycles. The molecule has 3 nitrogen and oxygen atoms in total. The Bertz CT molecular complexity index is 778. The molecular weight excluding hydrogens is 392 g/mol. The smallest absolute Gasteiger partial charge is 0.128 e. The topological polar surface area (TPSA) is 36.3 Å². The van der Waals surface area contributed by atoms with E-state index in [1.54, 1.807) is 0 Å². The fourth-order valence-corrected chi connectivity index (χ4v) is 4.23. The SMILES string of the molecule is CCCCCCCCCCOc1ccc(C(=N)N(CCCC)CCCC)c2ccccc12. The number of hydrogen-bond acceptors (Lipinski definition) is 2. The first kappa shape index (κ1) is 26.2. The summed E-state index contributed by atoms with van der Waals surface area (Å²) in [5.74, 6) is 1.60. The minimum absolute atomic E-state index is 0.651. The standard InChI is InChI=1S/C29H46N2O/c1-4-7-10-11-12-13-14-17-24-32-28-21-20-27(25-18-15-16-19-26(25)28)29(30)31(22-8-5-2)23-9-6-3/h15-16,18-21,30H,4-14,17,22-24H2,1-3H3. The zero-order chi connectivity index (χ0) is 23.0. The number of rotatable bonds is 17. The van der Waals surface area contributed by atoms with Crippen LogP contribution in [0.2, 0.25) is 0 Å². The van der Waals surface area contributed by atoms with Crippen molar-refractivity contribution in [2.45, 2.75) is 97.8 Å². The van der Waals surface area contributed by atoms with Crippen LogP contribution >= 0.6 is 0 Å². The Kier molecular flexibility index (Phi) is 12.9. The summed E-state index contributed by atoms with van der Waals surface area (Å²) in [4.78, 5) is 2.26. The second kappa shape index (κ2) is 15.7. The van der Waals surface area contributed by atoms with Crippen molar-refractivity contribution in [2.75, 3.05) is 19.7 Å². The van der Waals surface area contributed by atoms with Gasteiger partial charge in [0, 0.05) is 24.0 Å². The van der Waals surface area contributed by atoms with Gasteiger partial charge in [0.25, 0.3) is 0 Å². The largest absolute Gasteiger partial charge is 0.493 e. The first-order valence-electron chi connectivity index (χ1n) is 13.2. The summed E-state index contributed by atoms with van der Waals surface area (Å²) in [6.07, 6.45) is 15.0. The molecule has 1 N–H and O–H groups in total. The van der Waals surface area contributed by atoms with Crippen molar-refractivity contribution < 1.29 is 4.74 Å². The molecule has 0 fully saturated rings. The van der Waals surface area contributed by atoms with Crippen LogP contribution in [0.3, 0.4) is 0 Å². The van der Waals surface area contributed by atoms with Crippen molar-refractivity contribution in [3.8, 4) is 5.75 Å². The van der Waals surface area contributed by atoms with Crippen molar-refractivity contribution in [2.24, 2.45) is 0 Å². The van der Waals surface area contributed by atoms with E-state index in [1.165, 1.54) is 44.9 Å². The van der Waals surface area contributed by atoms with E-state index in [4.69, 9.17) is 10.1 Å². The molecule has 2 aromatic rings. The highest BCUT2D eigenvalue weighted by atomic mass is 16.5. The molecule has 0 radical (unpaired) electrons. The Morgan fingerprint density at radius 1 is 0.688 bits per heavy atom. The molecule has 0 spiro atoms. The Morgan fingerprint density at radius 3 is 1.88 bits per heavy atom.